The van der Waals surface area contributed by atoms with Gasteiger partial charge in [0.25, 0.3) is 0 Å². The van der Waals surface area contributed by atoms with Gasteiger partial charge in [-0.15, -0.1) is 0 Å². The Morgan fingerprint density at radius 3 is 2.55 bits per heavy atom. The van der Waals surface area contributed by atoms with Crippen molar-refractivity contribution in [3.8, 4) is 0 Å². The van der Waals surface area contributed by atoms with Gasteiger partial charge in [-0.2, -0.15) is 0 Å². The van der Waals surface area contributed by atoms with Crippen molar-refractivity contribution in [3.05, 3.63) is 35.6 Å². The predicted octanol–water partition coefficient (Wildman–Crippen LogP) is 5.09. The van der Waals surface area contributed by atoms with E-state index in [4.69, 9.17) is 9.47 Å². The second-order valence-electron chi connectivity index (χ2n) is 9.65. The zero-order valence-electron chi connectivity index (χ0n) is 18.3. The summed E-state index contributed by atoms with van der Waals surface area (Å²) in [6.45, 7) is 11.7. The van der Waals surface area contributed by atoms with E-state index in [9.17, 15) is 4.79 Å². The minimum absolute atomic E-state index is 0.0126. The molecule has 4 rings (SSSR count). The van der Waals surface area contributed by atoms with Crippen LogP contribution in [-0.4, -0.2) is 30.9 Å². The molecule has 1 N–H and O–H groups in total. The minimum atomic E-state index is -0.225. The first-order chi connectivity index (χ1) is 13.8. The Morgan fingerprint density at radius 2 is 1.90 bits per heavy atom. The molecule has 2 aliphatic heterocycles. The number of nitrogens with one attached hydrogen (secondary N) is 1. The van der Waals surface area contributed by atoms with Crippen molar-refractivity contribution >= 4 is 17.3 Å². The molecule has 3 aliphatic rings. The number of nitrogens with zero attached hydrogens (tertiary/aromatic N) is 1. The summed E-state index contributed by atoms with van der Waals surface area (Å²) in [7, 11) is 0. The van der Waals surface area contributed by atoms with E-state index < -0.39 is 0 Å². The molecular weight excluding hydrogens is 364 g/mol. The Kier molecular flexibility index (Phi) is 5.26. The molecule has 0 spiro atoms. The summed E-state index contributed by atoms with van der Waals surface area (Å²) < 4.78 is 12.1. The van der Waals surface area contributed by atoms with Crippen molar-refractivity contribution in [2.45, 2.75) is 78.7 Å². The van der Waals surface area contributed by atoms with Crippen LogP contribution in [0.2, 0.25) is 0 Å². The number of carbonyl (C=O) groups excluding carboxylic acids is 1. The molecule has 29 heavy (non-hydrogen) atoms. The number of likely N-dealkylation sites (N-methyl/N-ethyl adjacent to an activating group) is 1. The van der Waals surface area contributed by atoms with Gasteiger partial charge in [-0.05, 0) is 63.0 Å². The molecule has 0 saturated heterocycles. The fraction of sp³-hybridized carbons (Fsp3) is 0.625. The fourth-order valence-corrected chi connectivity index (χ4v) is 5.09. The predicted molar refractivity (Wildman–Crippen MR) is 116 cm³/mol. The molecule has 5 heteroatoms. The van der Waals surface area contributed by atoms with Gasteiger partial charge in [0.1, 0.15) is 23.5 Å². The van der Waals surface area contributed by atoms with Gasteiger partial charge in [-0.1, -0.05) is 32.9 Å². The number of carbonyl (C=O) groups is 1. The standard InChI is InChI=1S/C24H34N2O3/c1-6-26-19-10-8-7-9-18(19)25-21-20(15(2)28-22(21)26)23(27)29-17-13-11-16(12-14-17)24(3,4)5/h7-10,16-17,21-22,25H,6,11-14H2,1-5H3/t16?,17?,21-,22-/m1/s1. The SMILES string of the molecule is CCN1c2ccccc2N[C@@H]2C(C(=O)OC3CCC(C(C)(C)C)CC3)=C(C)O[C@H]21. The summed E-state index contributed by atoms with van der Waals surface area (Å²) in [5.41, 5.74) is 3.11. The van der Waals surface area contributed by atoms with E-state index in [1.54, 1.807) is 0 Å². The van der Waals surface area contributed by atoms with Crippen LogP contribution in [-0.2, 0) is 14.3 Å². The highest BCUT2D eigenvalue weighted by atomic mass is 16.6. The normalized spacial score (nSPS) is 28.9. The van der Waals surface area contributed by atoms with Crippen molar-refractivity contribution in [2.24, 2.45) is 11.3 Å². The molecule has 5 nitrogen and oxygen atoms in total. The van der Waals surface area contributed by atoms with Gasteiger partial charge >= 0.3 is 5.97 Å². The first-order valence-electron chi connectivity index (χ1n) is 11.0. The summed E-state index contributed by atoms with van der Waals surface area (Å²) in [6, 6.07) is 7.98. The average molecular weight is 399 g/mol. The third-order valence-corrected chi connectivity index (χ3v) is 6.84. The van der Waals surface area contributed by atoms with Crippen molar-refractivity contribution in [1.82, 2.24) is 0 Å². The number of esters is 1. The van der Waals surface area contributed by atoms with E-state index in [-0.39, 0.29) is 24.3 Å². The number of hydrogen-bond acceptors (Lipinski definition) is 5. The van der Waals surface area contributed by atoms with E-state index in [0.717, 1.165) is 43.6 Å². The van der Waals surface area contributed by atoms with Gasteiger partial charge in [-0.25, -0.2) is 4.79 Å². The topological polar surface area (TPSA) is 50.8 Å². The number of allylic oxidation sites excluding steroid dienone is 1. The largest absolute Gasteiger partial charge is 0.472 e. The first kappa shape index (κ1) is 20.1. The zero-order valence-corrected chi connectivity index (χ0v) is 18.3. The second kappa shape index (κ2) is 7.58. The van der Waals surface area contributed by atoms with Crippen LogP contribution in [0, 0.1) is 11.3 Å². The molecule has 0 bridgehead atoms. The monoisotopic (exact) mass is 398 g/mol. The fourth-order valence-electron chi connectivity index (χ4n) is 5.09. The molecule has 1 aromatic carbocycles. The number of benzene rings is 1. The lowest BCUT2D eigenvalue weighted by molar-refractivity contribution is -0.146. The van der Waals surface area contributed by atoms with Gasteiger partial charge in [0.2, 0.25) is 0 Å². The van der Waals surface area contributed by atoms with Crippen LogP contribution >= 0.6 is 0 Å². The Morgan fingerprint density at radius 1 is 1.21 bits per heavy atom. The lowest BCUT2D eigenvalue weighted by atomic mass is 9.72. The molecule has 1 fully saturated rings. The summed E-state index contributed by atoms with van der Waals surface area (Å²) in [6.07, 6.45) is 3.94. The average Bonchev–Trinajstić information content (AvgIpc) is 3.01. The molecule has 0 amide bonds. The van der Waals surface area contributed by atoms with Crippen LogP contribution < -0.4 is 10.2 Å². The molecule has 0 unspecified atom stereocenters. The van der Waals surface area contributed by atoms with E-state index >= 15 is 0 Å². The summed E-state index contributed by atoms with van der Waals surface area (Å²) >= 11 is 0. The van der Waals surface area contributed by atoms with Crippen LogP contribution in [0.1, 0.15) is 60.3 Å². The maximum absolute atomic E-state index is 13.1. The van der Waals surface area contributed by atoms with Crippen LogP contribution in [0.4, 0.5) is 11.4 Å². The third kappa shape index (κ3) is 3.72. The number of fused-ring (bicyclic) bond motifs is 2. The van der Waals surface area contributed by atoms with Gasteiger partial charge < -0.3 is 19.7 Å². The molecule has 2 atom stereocenters. The number of ether oxygens (including phenoxy) is 2. The van der Waals surface area contributed by atoms with Gasteiger partial charge in [0, 0.05) is 6.54 Å². The number of para-hydroxylation sites is 2. The summed E-state index contributed by atoms with van der Waals surface area (Å²) in [5, 5.41) is 3.52. The summed E-state index contributed by atoms with van der Waals surface area (Å²) in [5.74, 6) is 1.15. The lowest BCUT2D eigenvalue weighted by Gasteiger charge is -2.40. The maximum Gasteiger partial charge on any atom is 0.340 e. The highest BCUT2D eigenvalue weighted by Crippen LogP contribution is 2.42. The first-order valence-corrected chi connectivity index (χ1v) is 11.0. The molecule has 1 aliphatic carbocycles. The van der Waals surface area contributed by atoms with Crippen molar-refractivity contribution in [3.63, 3.8) is 0 Å². The van der Waals surface area contributed by atoms with Crippen LogP contribution in [0.3, 0.4) is 0 Å². The molecule has 1 aromatic rings. The summed E-state index contributed by atoms with van der Waals surface area (Å²) in [4.78, 5) is 15.4. The van der Waals surface area contributed by atoms with Gasteiger partial charge in [0.15, 0.2) is 6.23 Å². The molecule has 158 valence electrons. The Labute approximate surface area is 174 Å². The second-order valence-corrected chi connectivity index (χ2v) is 9.65. The van der Waals surface area contributed by atoms with Gasteiger partial charge in [0.05, 0.1) is 11.4 Å². The van der Waals surface area contributed by atoms with Crippen molar-refractivity contribution in [1.29, 1.82) is 0 Å². The molecule has 1 saturated carbocycles. The highest BCUT2D eigenvalue weighted by molar-refractivity contribution is 5.93. The van der Waals surface area contributed by atoms with Crippen molar-refractivity contribution in [2.75, 3.05) is 16.8 Å². The minimum Gasteiger partial charge on any atom is -0.472 e. The lowest BCUT2D eigenvalue weighted by Crippen LogP contribution is -2.51. The van der Waals surface area contributed by atoms with E-state index in [0.29, 0.717) is 22.7 Å². The zero-order chi connectivity index (χ0) is 20.8. The van der Waals surface area contributed by atoms with Crippen LogP contribution in [0.5, 0.6) is 0 Å². The third-order valence-electron chi connectivity index (χ3n) is 6.84. The highest BCUT2D eigenvalue weighted by Gasteiger charge is 2.46. The van der Waals surface area contributed by atoms with Crippen LogP contribution in [0.15, 0.2) is 35.6 Å². The number of hydrogen-bond donors (Lipinski definition) is 1. The Bertz CT molecular complexity index is 803. The quantitative estimate of drug-likeness (QED) is 0.719. The van der Waals surface area contributed by atoms with Gasteiger partial charge in [-0.3, -0.25) is 0 Å². The van der Waals surface area contributed by atoms with E-state index in [2.05, 4.69) is 50.0 Å². The number of anilines is 2. The molecule has 0 radical (unpaired) electrons. The van der Waals surface area contributed by atoms with Crippen molar-refractivity contribution < 1.29 is 14.3 Å². The maximum atomic E-state index is 13.1. The Balaban J connectivity index is 1.47. The van der Waals surface area contributed by atoms with E-state index in [1.807, 2.05) is 19.1 Å². The Hall–Kier alpha value is -2.17. The molecule has 2 heterocycles. The van der Waals surface area contributed by atoms with Crippen LogP contribution in [0.25, 0.3) is 0 Å². The molecule has 0 aromatic heterocycles. The smallest absolute Gasteiger partial charge is 0.340 e. The number of rotatable bonds is 3. The molecular formula is C24H34N2O3. The van der Waals surface area contributed by atoms with E-state index in [1.165, 1.54) is 0 Å².